The van der Waals surface area contributed by atoms with Gasteiger partial charge in [0, 0.05) is 5.56 Å². The first-order chi connectivity index (χ1) is 16.9. The molecule has 1 fully saturated rings. The Morgan fingerprint density at radius 3 is 2.58 bits per heavy atom. The van der Waals surface area contributed by atoms with Gasteiger partial charge < -0.3 is 10.4 Å². The van der Waals surface area contributed by atoms with E-state index in [2.05, 4.69) is 14.4 Å². The monoisotopic (exact) mass is 531 g/mol. The maximum absolute atomic E-state index is 14.0. The Hall–Kier alpha value is -2.86. The van der Waals surface area contributed by atoms with Crippen molar-refractivity contribution in [1.29, 1.82) is 0 Å². The predicted molar refractivity (Wildman–Crippen MR) is 142 cm³/mol. The third-order valence-electron chi connectivity index (χ3n) is 7.31. The molecule has 2 aromatic carbocycles. The Kier molecular flexibility index (Phi) is 5.94. The molecule has 2 aliphatic carbocycles. The number of rotatable bonds is 6. The van der Waals surface area contributed by atoms with Gasteiger partial charge in [0.1, 0.15) is 16.2 Å². The summed E-state index contributed by atoms with van der Waals surface area (Å²) in [5, 5.41) is 14.2. The number of sulfonamides is 1. The van der Waals surface area contributed by atoms with Crippen molar-refractivity contribution in [3.05, 3.63) is 59.2 Å². The molecule has 2 aromatic rings. The van der Waals surface area contributed by atoms with E-state index >= 15 is 0 Å². The van der Waals surface area contributed by atoms with Crippen LogP contribution in [0.2, 0.25) is 0 Å². The fraction of sp³-hybridized carbons (Fsp3) is 0.360. The molecule has 36 heavy (non-hydrogen) atoms. The number of hydrogen-bond donors (Lipinski definition) is 5. The zero-order valence-electron chi connectivity index (χ0n) is 20.0. The summed E-state index contributed by atoms with van der Waals surface area (Å²) in [4.78, 5) is 14.0. The molecule has 3 aliphatic rings. The number of aliphatic hydroxyl groups is 1. The molecule has 5 N–H and O–H groups in total. The van der Waals surface area contributed by atoms with E-state index in [1.807, 2.05) is 19.1 Å². The van der Waals surface area contributed by atoms with Crippen molar-refractivity contribution in [2.75, 3.05) is 16.3 Å². The largest absolute Gasteiger partial charge is 0.506 e. The van der Waals surface area contributed by atoms with E-state index in [4.69, 9.17) is 0 Å². The second-order valence-electron chi connectivity index (χ2n) is 9.93. The first kappa shape index (κ1) is 24.8. The predicted octanol–water partition coefficient (Wildman–Crippen LogP) is 5.30. The van der Waals surface area contributed by atoms with Crippen LogP contribution in [0.25, 0.3) is 5.76 Å². The highest BCUT2D eigenvalue weighted by molar-refractivity contribution is 8.23. The average molecular weight is 532 g/mol. The summed E-state index contributed by atoms with van der Waals surface area (Å²) in [5.74, 6) is -0.142. The smallest absolute Gasteiger partial charge is 0.229 e. The molecule has 1 atom stereocenters. The fourth-order valence-electron chi connectivity index (χ4n) is 5.12. The molecule has 1 unspecified atom stereocenters. The highest BCUT2D eigenvalue weighted by Gasteiger charge is 2.47. The zero-order chi connectivity index (χ0) is 25.9. The summed E-state index contributed by atoms with van der Waals surface area (Å²) in [6.07, 6.45) is 5.99. The molecule has 0 radical (unpaired) electrons. The van der Waals surface area contributed by atoms with Crippen molar-refractivity contribution in [1.82, 2.24) is 0 Å². The molecule has 5 rings (SSSR count). The van der Waals surface area contributed by atoms with Crippen LogP contribution in [0, 0.1) is 5.92 Å². The number of amidine groups is 1. The molecular weight excluding hydrogens is 502 g/mol. The van der Waals surface area contributed by atoms with Gasteiger partial charge in [0.05, 0.1) is 23.0 Å². The summed E-state index contributed by atoms with van der Waals surface area (Å²) in [5.41, 5.74) is 0.656. The van der Waals surface area contributed by atoms with Crippen molar-refractivity contribution < 1.29 is 27.4 Å². The number of anilines is 2. The van der Waals surface area contributed by atoms with Gasteiger partial charge in [-0.1, -0.05) is 54.3 Å². The number of ketones is 1. The maximum Gasteiger partial charge on any atom is 0.229 e. The van der Waals surface area contributed by atoms with E-state index < -0.39 is 26.2 Å². The number of benzene rings is 2. The van der Waals surface area contributed by atoms with Crippen molar-refractivity contribution in [2.24, 2.45) is 10.3 Å². The average Bonchev–Trinajstić information content (AvgIpc) is 2.76. The number of Topliss-reactive ketones (excluding diaryl/α,β-unsaturated/α-hetero) is 1. The van der Waals surface area contributed by atoms with E-state index in [0.29, 0.717) is 17.9 Å². The van der Waals surface area contributed by atoms with Crippen LogP contribution in [0.15, 0.2) is 57.3 Å². The number of carbonyl (C=O) groups is 1. The molecule has 0 saturated heterocycles. The Morgan fingerprint density at radius 2 is 1.92 bits per heavy atom. The van der Waals surface area contributed by atoms with Gasteiger partial charge in [0.25, 0.3) is 0 Å². The standard InChI is InChI=1S/C25H29N3O6S2/c1-25(13-12-15-6-5-7-15)18-9-4-3-8-17(18)22(29)21(23(25)30)24-26-19-11-10-16(27-35(2,31)32)14-20(19)36(33,34)28-24/h3-4,8-11,14-15,27,29,33-34H,5-7,12-13H2,1-2H3,(H,26,28). The van der Waals surface area contributed by atoms with E-state index in [-0.39, 0.29) is 39.2 Å². The van der Waals surface area contributed by atoms with Crippen LogP contribution in [-0.4, -0.2) is 40.5 Å². The summed E-state index contributed by atoms with van der Waals surface area (Å²) >= 11 is 0. The van der Waals surface area contributed by atoms with Gasteiger partial charge in [-0.3, -0.25) is 18.6 Å². The normalized spacial score (nSPS) is 24.1. The maximum atomic E-state index is 14.0. The molecule has 192 valence electrons. The number of aliphatic hydroxyl groups excluding tert-OH is 1. The van der Waals surface area contributed by atoms with Gasteiger partial charge in [-0.2, -0.15) is 0 Å². The van der Waals surface area contributed by atoms with Crippen LogP contribution in [0.4, 0.5) is 11.4 Å². The van der Waals surface area contributed by atoms with Crippen molar-refractivity contribution in [3.8, 4) is 0 Å². The number of nitrogens with one attached hydrogen (secondary N) is 2. The van der Waals surface area contributed by atoms with Crippen molar-refractivity contribution in [2.45, 2.75) is 49.3 Å². The Labute approximate surface area is 211 Å². The van der Waals surface area contributed by atoms with E-state index in [1.54, 1.807) is 12.1 Å². The third-order valence-corrected chi connectivity index (χ3v) is 9.28. The summed E-state index contributed by atoms with van der Waals surface area (Å²) < 4.78 is 51.3. The molecule has 0 bridgehead atoms. The van der Waals surface area contributed by atoms with Gasteiger partial charge >= 0.3 is 0 Å². The Morgan fingerprint density at radius 1 is 1.19 bits per heavy atom. The molecule has 1 saturated carbocycles. The van der Waals surface area contributed by atoms with Gasteiger partial charge in [-0.25, -0.2) is 8.42 Å². The summed E-state index contributed by atoms with van der Waals surface area (Å²) in [6, 6.07) is 11.4. The summed E-state index contributed by atoms with van der Waals surface area (Å²) in [6.45, 7) is 1.87. The molecule has 1 heterocycles. The molecule has 1 aliphatic heterocycles. The Balaban J connectivity index is 1.57. The highest BCUT2D eigenvalue weighted by Crippen LogP contribution is 2.57. The summed E-state index contributed by atoms with van der Waals surface area (Å²) in [7, 11) is -7.39. The quantitative estimate of drug-likeness (QED) is 0.340. The second-order valence-corrected chi connectivity index (χ2v) is 13.3. The van der Waals surface area contributed by atoms with Crippen LogP contribution >= 0.6 is 10.8 Å². The van der Waals surface area contributed by atoms with Crippen LogP contribution in [-0.2, 0) is 20.2 Å². The molecule has 0 amide bonds. The van der Waals surface area contributed by atoms with E-state index in [9.17, 15) is 27.4 Å². The van der Waals surface area contributed by atoms with Crippen LogP contribution in [0.3, 0.4) is 0 Å². The lowest BCUT2D eigenvalue weighted by atomic mass is 9.65. The minimum Gasteiger partial charge on any atom is -0.506 e. The molecular formula is C25H29N3O6S2. The fourth-order valence-corrected chi connectivity index (χ4v) is 6.86. The van der Waals surface area contributed by atoms with Crippen LogP contribution < -0.4 is 10.0 Å². The lowest BCUT2D eigenvalue weighted by Gasteiger charge is -2.39. The van der Waals surface area contributed by atoms with Crippen LogP contribution in [0.5, 0.6) is 0 Å². The Bertz CT molecular complexity index is 1430. The third kappa shape index (κ3) is 4.30. The van der Waals surface area contributed by atoms with Gasteiger partial charge in [0.15, 0.2) is 11.6 Å². The van der Waals surface area contributed by atoms with Crippen molar-refractivity contribution in [3.63, 3.8) is 0 Å². The number of hydrogen-bond acceptors (Lipinski definition) is 8. The number of carbonyl (C=O) groups excluding carboxylic acids is 1. The molecule has 0 aromatic heterocycles. The van der Waals surface area contributed by atoms with Gasteiger partial charge in [0.2, 0.25) is 10.0 Å². The minimum atomic E-state index is -3.81. The number of fused-ring (bicyclic) bond motifs is 2. The second kappa shape index (κ2) is 8.62. The highest BCUT2D eigenvalue weighted by atomic mass is 32.3. The van der Waals surface area contributed by atoms with Crippen LogP contribution in [0.1, 0.15) is 50.2 Å². The van der Waals surface area contributed by atoms with Gasteiger partial charge in [-0.05, 0) is 49.4 Å². The molecule has 9 nitrogen and oxygen atoms in total. The topological polar surface area (TPSA) is 148 Å². The molecule has 11 heteroatoms. The molecule has 0 spiro atoms. The van der Waals surface area contributed by atoms with Gasteiger partial charge in [-0.15, -0.1) is 4.40 Å². The van der Waals surface area contributed by atoms with Crippen molar-refractivity contribution >= 4 is 49.6 Å². The van der Waals surface area contributed by atoms with E-state index in [1.165, 1.54) is 24.6 Å². The minimum absolute atomic E-state index is 0.0172. The number of nitrogens with zero attached hydrogens (tertiary/aromatic N) is 1. The zero-order valence-corrected chi connectivity index (χ0v) is 21.6. The lowest BCUT2D eigenvalue weighted by molar-refractivity contribution is -0.120. The SMILES string of the molecule is CC1(CCC2CCC2)C(=O)C(C2=NS(O)(O)c3cc(NS(C)(=O)=O)ccc3N2)=C(O)c2ccccc21. The lowest BCUT2D eigenvalue weighted by Crippen LogP contribution is -2.42. The first-order valence-electron chi connectivity index (χ1n) is 11.7. The first-order valence-corrected chi connectivity index (χ1v) is 15.1. The van der Waals surface area contributed by atoms with E-state index in [0.717, 1.165) is 31.1 Å².